The summed E-state index contributed by atoms with van der Waals surface area (Å²) in [6.45, 7) is 4.18. The Bertz CT molecular complexity index is 1460. The third-order valence-corrected chi connectivity index (χ3v) is 6.27. The van der Waals surface area contributed by atoms with E-state index in [1.54, 1.807) is 18.3 Å². The fraction of sp³-hybridized carbons (Fsp3) is 0.200. The lowest BCUT2D eigenvalue weighted by Gasteiger charge is -2.20. The summed E-state index contributed by atoms with van der Waals surface area (Å²) in [7, 11) is 0. The van der Waals surface area contributed by atoms with Gasteiger partial charge in [-0.15, -0.1) is 0 Å². The summed E-state index contributed by atoms with van der Waals surface area (Å²) in [5.41, 5.74) is 12.4. The Hall–Kier alpha value is -4.54. The third-order valence-electron chi connectivity index (χ3n) is 6.27. The highest BCUT2D eigenvalue weighted by molar-refractivity contribution is 5.71. The minimum absolute atomic E-state index is 0.225. The Labute approximate surface area is 216 Å². The van der Waals surface area contributed by atoms with Gasteiger partial charge in [0.15, 0.2) is 11.5 Å². The van der Waals surface area contributed by atoms with Gasteiger partial charge in [0, 0.05) is 24.4 Å². The van der Waals surface area contributed by atoms with Crippen molar-refractivity contribution in [1.29, 1.82) is 5.26 Å². The van der Waals surface area contributed by atoms with Crippen LogP contribution in [0.1, 0.15) is 27.9 Å². The Morgan fingerprint density at radius 1 is 0.919 bits per heavy atom. The van der Waals surface area contributed by atoms with Crippen LogP contribution in [0.25, 0.3) is 11.1 Å². The van der Waals surface area contributed by atoms with E-state index in [1.165, 1.54) is 0 Å². The maximum atomic E-state index is 9.11. The summed E-state index contributed by atoms with van der Waals surface area (Å²) in [4.78, 5) is 4.27. The zero-order chi connectivity index (χ0) is 25.6. The molecular formula is C30H27N3O4. The normalized spacial score (nSPS) is 12.0. The first-order valence-corrected chi connectivity index (χ1v) is 12.1. The SMILES string of the molecule is Cc1c(COc2ccc(CN)c(OCc3cc(C#N)ccn3)c2)cccc1-c1ccc2c(c1)OCCO2. The Morgan fingerprint density at radius 2 is 1.78 bits per heavy atom. The van der Waals surface area contributed by atoms with Crippen molar-refractivity contribution in [1.82, 2.24) is 4.98 Å². The molecular weight excluding hydrogens is 466 g/mol. The lowest BCUT2D eigenvalue weighted by Crippen LogP contribution is -2.15. The first-order valence-electron chi connectivity index (χ1n) is 12.1. The van der Waals surface area contributed by atoms with E-state index in [0.29, 0.717) is 49.1 Å². The molecule has 0 aliphatic carbocycles. The van der Waals surface area contributed by atoms with Crippen LogP contribution in [0.15, 0.2) is 72.9 Å². The minimum Gasteiger partial charge on any atom is -0.489 e. The smallest absolute Gasteiger partial charge is 0.161 e. The average Bonchev–Trinajstić information content (AvgIpc) is 2.95. The topological polar surface area (TPSA) is 99.6 Å². The molecule has 1 aromatic heterocycles. The predicted octanol–water partition coefficient (Wildman–Crippen LogP) is 5.32. The van der Waals surface area contributed by atoms with Crippen LogP contribution in [0.5, 0.6) is 23.0 Å². The highest BCUT2D eigenvalue weighted by Crippen LogP contribution is 2.36. The molecule has 37 heavy (non-hydrogen) atoms. The number of pyridine rings is 1. The Balaban J connectivity index is 1.31. The summed E-state index contributed by atoms with van der Waals surface area (Å²) in [6.07, 6.45) is 1.60. The minimum atomic E-state index is 0.225. The number of hydrogen-bond donors (Lipinski definition) is 1. The summed E-state index contributed by atoms with van der Waals surface area (Å²) < 4.78 is 23.6. The van der Waals surface area contributed by atoms with Crippen molar-refractivity contribution in [3.8, 4) is 40.2 Å². The number of aromatic nitrogens is 1. The van der Waals surface area contributed by atoms with Crippen molar-refractivity contribution in [3.05, 3.63) is 101 Å². The van der Waals surface area contributed by atoms with Crippen LogP contribution in [0.3, 0.4) is 0 Å². The molecule has 5 rings (SSSR count). The molecule has 2 N–H and O–H groups in total. The van der Waals surface area contributed by atoms with E-state index in [-0.39, 0.29) is 6.61 Å². The Morgan fingerprint density at radius 3 is 2.62 bits per heavy atom. The molecule has 0 saturated carbocycles. The highest BCUT2D eigenvalue weighted by atomic mass is 16.6. The Kier molecular flexibility index (Phi) is 7.20. The van der Waals surface area contributed by atoms with Gasteiger partial charge in [0.25, 0.3) is 0 Å². The van der Waals surface area contributed by atoms with Gasteiger partial charge in [0.1, 0.15) is 37.9 Å². The highest BCUT2D eigenvalue weighted by Gasteiger charge is 2.15. The number of hydrogen-bond acceptors (Lipinski definition) is 7. The molecule has 3 aromatic carbocycles. The molecule has 7 nitrogen and oxygen atoms in total. The molecule has 0 saturated heterocycles. The summed E-state index contributed by atoms with van der Waals surface area (Å²) >= 11 is 0. The van der Waals surface area contributed by atoms with Gasteiger partial charge >= 0.3 is 0 Å². The summed E-state index contributed by atoms with van der Waals surface area (Å²) in [5.74, 6) is 2.85. The molecule has 0 radical (unpaired) electrons. The molecule has 0 amide bonds. The number of nitriles is 1. The fourth-order valence-electron chi connectivity index (χ4n) is 4.23. The molecule has 186 valence electrons. The van der Waals surface area contributed by atoms with E-state index in [2.05, 4.69) is 36.2 Å². The molecule has 0 bridgehead atoms. The van der Waals surface area contributed by atoms with Crippen molar-refractivity contribution < 1.29 is 18.9 Å². The van der Waals surface area contributed by atoms with Gasteiger partial charge in [-0.2, -0.15) is 5.26 Å². The van der Waals surface area contributed by atoms with Gasteiger partial charge in [-0.1, -0.05) is 30.3 Å². The number of nitrogens with zero attached hydrogens (tertiary/aromatic N) is 2. The largest absolute Gasteiger partial charge is 0.489 e. The second kappa shape index (κ2) is 11.0. The first kappa shape index (κ1) is 24.2. The van der Waals surface area contributed by atoms with Crippen LogP contribution in [-0.4, -0.2) is 18.2 Å². The zero-order valence-corrected chi connectivity index (χ0v) is 20.6. The molecule has 2 heterocycles. The van der Waals surface area contributed by atoms with Crippen LogP contribution in [0, 0.1) is 18.3 Å². The van der Waals surface area contributed by atoms with E-state index < -0.39 is 0 Å². The van der Waals surface area contributed by atoms with Crippen molar-refractivity contribution in [2.45, 2.75) is 26.7 Å². The maximum absolute atomic E-state index is 9.11. The van der Waals surface area contributed by atoms with E-state index >= 15 is 0 Å². The molecule has 0 fully saturated rings. The number of rotatable bonds is 8. The van der Waals surface area contributed by atoms with Gasteiger partial charge in [-0.05, 0) is 59.5 Å². The second-order valence-corrected chi connectivity index (χ2v) is 8.65. The van der Waals surface area contributed by atoms with E-state index in [1.807, 2.05) is 36.4 Å². The van der Waals surface area contributed by atoms with Gasteiger partial charge in [-0.25, -0.2) is 0 Å². The fourth-order valence-corrected chi connectivity index (χ4v) is 4.23. The van der Waals surface area contributed by atoms with Crippen molar-refractivity contribution in [3.63, 3.8) is 0 Å². The number of ether oxygens (including phenoxy) is 4. The quantitative estimate of drug-likeness (QED) is 0.355. The van der Waals surface area contributed by atoms with E-state index in [0.717, 1.165) is 39.3 Å². The summed E-state index contributed by atoms with van der Waals surface area (Å²) in [5, 5.41) is 9.11. The second-order valence-electron chi connectivity index (χ2n) is 8.65. The monoisotopic (exact) mass is 493 g/mol. The van der Waals surface area contributed by atoms with Crippen LogP contribution in [0.2, 0.25) is 0 Å². The maximum Gasteiger partial charge on any atom is 0.161 e. The number of nitrogens with two attached hydrogens (primary N) is 1. The van der Waals surface area contributed by atoms with Crippen molar-refractivity contribution >= 4 is 0 Å². The first-order chi connectivity index (χ1) is 18.1. The molecule has 0 spiro atoms. The predicted molar refractivity (Wildman–Crippen MR) is 140 cm³/mol. The van der Waals surface area contributed by atoms with Gasteiger partial charge in [0.2, 0.25) is 0 Å². The van der Waals surface area contributed by atoms with Gasteiger partial charge in [-0.3, -0.25) is 4.98 Å². The van der Waals surface area contributed by atoms with Crippen LogP contribution in [-0.2, 0) is 19.8 Å². The van der Waals surface area contributed by atoms with Crippen LogP contribution in [0.4, 0.5) is 0 Å². The van der Waals surface area contributed by atoms with Gasteiger partial charge < -0.3 is 24.7 Å². The van der Waals surface area contributed by atoms with E-state index in [9.17, 15) is 0 Å². The number of benzene rings is 3. The molecule has 0 atom stereocenters. The zero-order valence-electron chi connectivity index (χ0n) is 20.6. The van der Waals surface area contributed by atoms with Crippen molar-refractivity contribution in [2.75, 3.05) is 13.2 Å². The lowest BCUT2D eigenvalue weighted by atomic mass is 9.96. The molecule has 1 aliphatic heterocycles. The lowest BCUT2D eigenvalue weighted by molar-refractivity contribution is 0.171. The number of fused-ring (bicyclic) bond motifs is 1. The van der Waals surface area contributed by atoms with Gasteiger partial charge in [0.05, 0.1) is 17.3 Å². The molecule has 7 heteroatoms. The standard InChI is InChI=1S/C30H27N3O4/c1-20-24(3-2-4-27(20)22-6-8-28-30(14-22)35-12-11-34-28)18-36-26-7-5-23(17-32)29(15-26)37-19-25-13-21(16-31)9-10-33-25/h2-10,13-15H,11-12,17-19,32H2,1H3. The molecule has 1 aliphatic rings. The van der Waals surface area contributed by atoms with Crippen molar-refractivity contribution in [2.24, 2.45) is 5.73 Å². The molecule has 4 aromatic rings. The van der Waals surface area contributed by atoms with Crippen LogP contribution < -0.4 is 24.7 Å². The third kappa shape index (κ3) is 5.50. The van der Waals surface area contributed by atoms with Crippen LogP contribution >= 0.6 is 0 Å². The van der Waals surface area contributed by atoms with E-state index in [4.69, 9.17) is 29.9 Å². The molecule has 0 unspecified atom stereocenters. The summed E-state index contributed by atoms with van der Waals surface area (Å²) in [6, 6.07) is 23.4. The average molecular weight is 494 g/mol.